The number of aryl methyl sites for hydroxylation is 1. The molecule has 0 spiro atoms. The van der Waals surface area contributed by atoms with Crippen LogP contribution in [0.2, 0.25) is 0 Å². The minimum Gasteiger partial charge on any atom is -0.378 e. The number of nitrogens with one attached hydrogen (secondary N) is 2. The molecule has 0 saturated carbocycles. The number of hydrogen-bond donors (Lipinski definition) is 2. The van der Waals surface area contributed by atoms with Crippen molar-refractivity contribution in [1.29, 1.82) is 0 Å². The van der Waals surface area contributed by atoms with Gasteiger partial charge in [0.15, 0.2) is 0 Å². The zero-order valence-electron chi connectivity index (χ0n) is 12.4. The minimum absolute atomic E-state index is 0.0561. The smallest absolute Gasteiger partial charge is 0.221 e. The van der Waals surface area contributed by atoms with Crippen LogP contribution in [0.1, 0.15) is 37.1 Å². The molecule has 2 N–H and O–H groups in total. The topological polar surface area (TPSA) is 59.0 Å². The molecule has 0 saturated heterocycles. The molecule has 1 aliphatic rings. The van der Waals surface area contributed by atoms with Crippen molar-refractivity contribution in [3.05, 3.63) is 41.7 Å². The van der Waals surface area contributed by atoms with Gasteiger partial charge in [-0.2, -0.15) is 5.10 Å². The minimum atomic E-state index is -0.0561. The Labute approximate surface area is 124 Å². The van der Waals surface area contributed by atoms with Gasteiger partial charge in [-0.1, -0.05) is 6.07 Å². The van der Waals surface area contributed by atoms with E-state index in [1.54, 1.807) is 0 Å². The zero-order chi connectivity index (χ0) is 14.8. The number of amides is 1. The fourth-order valence-corrected chi connectivity index (χ4v) is 2.95. The van der Waals surface area contributed by atoms with Crippen LogP contribution in [0.15, 0.2) is 30.5 Å². The summed E-state index contributed by atoms with van der Waals surface area (Å²) in [5.41, 5.74) is 4.43. The Bertz CT molecular complexity index is 662. The first kappa shape index (κ1) is 13.7. The number of aromatic nitrogens is 2. The third-order valence-electron chi connectivity index (χ3n) is 3.90. The number of fused-ring (bicyclic) bond motifs is 1. The summed E-state index contributed by atoms with van der Waals surface area (Å²) in [6.45, 7) is 1.52. The van der Waals surface area contributed by atoms with Gasteiger partial charge in [-0.05, 0) is 37.5 Å². The lowest BCUT2D eigenvalue weighted by Crippen LogP contribution is -2.18. The Morgan fingerprint density at radius 1 is 1.38 bits per heavy atom. The van der Waals surface area contributed by atoms with Crippen molar-refractivity contribution in [2.75, 3.05) is 10.6 Å². The second-order valence-electron chi connectivity index (χ2n) is 5.52. The van der Waals surface area contributed by atoms with Crippen LogP contribution in [-0.4, -0.2) is 15.7 Å². The van der Waals surface area contributed by atoms with E-state index in [0.717, 1.165) is 30.6 Å². The zero-order valence-corrected chi connectivity index (χ0v) is 12.4. The number of rotatable bonds is 3. The highest BCUT2D eigenvalue weighted by atomic mass is 16.1. The standard InChI is InChI=1S/C16H20N4O/c1-11(21)18-12-5-3-6-13(9-12)19-15-7-4-8-16-14(15)10-17-20(16)2/h3,5-6,9-10,15,19H,4,7-8H2,1-2H3,(H,18,21). The van der Waals surface area contributed by atoms with Gasteiger partial charge >= 0.3 is 0 Å². The van der Waals surface area contributed by atoms with Crippen molar-refractivity contribution in [1.82, 2.24) is 9.78 Å². The van der Waals surface area contributed by atoms with Crippen molar-refractivity contribution >= 4 is 17.3 Å². The molecule has 0 bridgehead atoms. The first-order valence-electron chi connectivity index (χ1n) is 7.28. The van der Waals surface area contributed by atoms with E-state index in [4.69, 9.17) is 0 Å². The fourth-order valence-electron chi connectivity index (χ4n) is 2.95. The Kier molecular flexibility index (Phi) is 3.64. The third-order valence-corrected chi connectivity index (χ3v) is 3.90. The van der Waals surface area contributed by atoms with Gasteiger partial charge in [0.05, 0.1) is 12.2 Å². The number of anilines is 2. The molecule has 5 nitrogen and oxygen atoms in total. The van der Waals surface area contributed by atoms with Crippen LogP contribution in [-0.2, 0) is 18.3 Å². The molecule has 1 amide bonds. The van der Waals surface area contributed by atoms with Crippen LogP contribution in [0.5, 0.6) is 0 Å². The van der Waals surface area contributed by atoms with Gasteiger partial charge in [-0.3, -0.25) is 9.48 Å². The molecule has 0 radical (unpaired) electrons. The number of hydrogen-bond acceptors (Lipinski definition) is 3. The van der Waals surface area contributed by atoms with Gasteiger partial charge in [0.1, 0.15) is 0 Å². The van der Waals surface area contributed by atoms with Crippen molar-refractivity contribution in [3.63, 3.8) is 0 Å². The van der Waals surface area contributed by atoms with Crippen molar-refractivity contribution in [3.8, 4) is 0 Å². The van der Waals surface area contributed by atoms with Crippen LogP contribution in [0, 0.1) is 0 Å². The van der Waals surface area contributed by atoms with E-state index in [9.17, 15) is 4.79 Å². The first-order valence-corrected chi connectivity index (χ1v) is 7.28. The Hall–Kier alpha value is -2.30. The first-order chi connectivity index (χ1) is 10.1. The third kappa shape index (κ3) is 2.91. The quantitative estimate of drug-likeness (QED) is 0.911. The van der Waals surface area contributed by atoms with E-state index in [1.165, 1.54) is 18.2 Å². The van der Waals surface area contributed by atoms with Crippen molar-refractivity contribution in [2.45, 2.75) is 32.2 Å². The van der Waals surface area contributed by atoms with Crippen LogP contribution in [0.4, 0.5) is 11.4 Å². The molecule has 1 heterocycles. The summed E-state index contributed by atoms with van der Waals surface area (Å²) in [5.74, 6) is -0.0561. The highest BCUT2D eigenvalue weighted by Crippen LogP contribution is 2.32. The summed E-state index contributed by atoms with van der Waals surface area (Å²) >= 11 is 0. The molecule has 21 heavy (non-hydrogen) atoms. The summed E-state index contributed by atoms with van der Waals surface area (Å²) in [5, 5.41) is 10.7. The molecule has 1 aromatic carbocycles. The summed E-state index contributed by atoms with van der Waals surface area (Å²) in [4.78, 5) is 11.1. The molecule has 110 valence electrons. The van der Waals surface area contributed by atoms with Crippen LogP contribution < -0.4 is 10.6 Å². The van der Waals surface area contributed by atoms with Crippen molar-refractivity contribution in [2.24, 2.45) is 7.05 Å². The summed E-state index contributed by atoms with van der Waals surface area (Å²) < 4.78 is 1.97. The summed E-state index contributed by atoms with van der Waals surface area (Å²) in [7, 11) is 2.00. The van der Waals surface area contributed by atoms with Crippen molar-refractivity contribution < 1.29 is 4.79 Å². The molecule has 0 aliphatic heterocycles. The summed E-state index contributed by atoms with van der Waals surface area (Å²) in [6, 6.07) is 8.11. The van der Waals surface area contributed by atoms with E-state index >= 15 is 0 Å². The van der Waals surface area contributed by atoms with Gasteiger partial charge in [-0.25, -0.2) is 0 Å². The van der Waals surface area contributed by atoms with E-state index < -0.39 is 0 Å². The van der Waals surface area contributed by atoms with Gasteiger partial charge in [0.25, 0.3) is 0 Å². The average Bonchev–Trinajstić information content (AvgIpc) is 2.82. The molecule has 1 aromatic heterocycles. The van der Waals surface area contributed by atoms with E-state index in [1.807, 2.05) is 42.2 Å². The molecular weight excluding hydrogens is 264 g/mol. The molecule has 1 aliphatic carbocycles. The number of benzene rings is 1. The van der Waals surface area contributed by atoms with E-state index in [0.29, 0.717) is 0 Å². The molecule has 1 atom stereocenters. The monoisotopic (exact) mass is 284 g/mol. The SMILES string of the molecule is CC(=O)Nc1cccc(NC2CCCc3c2cnn3C)c1. The maximum absolute atomic E-state index is 11.1. The second-order valence-corrected chi connectivity index (χ2v) is 5.52. The van der Waals surface area contributed by atoms with Gasteiger partial charge in [0, 0.05) is 36.6 Å². The van der Waals surface area contributed by atoms with Crippen LogP contribution in [0.25, 0.3) is 0 Å². The number of carbonyl (C=O) groups excluding carboxylic acids is 1. The maximum Gasteiger partial charge on any atom is 0.221 e. The predicted molar refractivity (Wildman–Crippen MR) is 83.3 cm³/mol. The highest BCUT2D eigenvalue weighted by molar-refractivity contribution is 5.89. The lowest BCUT2D eigenvalue weighted by molar-refractivity contribution is -0.114. The molecule has 0 fully saturated rings. The number of carbonyl (C=O) groups is 1. The van der Waals surface area contributed by atoms with E-state index in [-0.39, 0.29) is 11.9 Å². The van der Waals surface area contributed by atoms with Gasteiger partial charge in [0.2, 0.25) is 5.91 Å². The summed E-state index contributed by atoms with van der Waals surface area (Å²) in [6.07, 6.45) is 5.32. The second kappa shape index (κ2) is 5.60. The molecule has 3 rings (SSSR count). The van der Waals surface area contributed by atoms with E-state index in [2.05, 4.69) is 15.7 Å². The molecular formula is C16H20N4O. The fraction of sp³-hybridized carbons (Fsp3) is 0.375. The largest absolute Gasteiger partial charge is 0.378 e. The lowest BCUT2D eigenvalue weighted by Gasteiger charge is -2.25. The van der Waals surface area contributed by atoms with Gasteiger partial charge < -0.3 is 10.6 Å². The Morgan fingerprint density at radius 2 is 2.19 bits per heavy atom. The van der Waals surface area contributed by atoms with Crippen LogP contribution >= 0.6 is 0 Å². The lowest BCUT2D eigenvalue weighted by atomic mass is 9.93. The molecule has 2 aromatic rings. The number of nitrogens with zero attached hydrogens (tertiary/aromatic N) is 2. The molecule has 5 heteroatoms. The Balaban J connectivity index is 1.80. The predicted octanol–water partition coefficient (Wildman–Crippen LogP) is 2.87. The average molecular weight is 284 g/mol. The Morgan fingerprint density at radius 3 is 3.00 bits per heavy atom. The normalized spacial score (nSPS) is 17.1. The maximum atomic E-state index is 11.1. The highest BCUT2D eigenvalue weighted by Gasteiger charge is 2.23. The van der Waals surface area contributed by atoms with Crippen LogP contribution in [0.3, 0.4) is 0 Å². The van der Waals surface area contributed by atoms with Gasteiger partial charge in [-0.15, -0.1) is 0 Å². The molecule has 1 unspecified atom stereocenters.